The number of methoxy groups -OCH3 is 2. The van der Waals surface area contributed by atoms with Crippen LogP contribution in [0.2, 0.25) is 0 Å². The first kappa shape index (κ1) is 14.6. The number of hydrogen-bond donors (Lipinski definition) is 0. The molecule has 1 aromatic rings. The monoisotopic (exact) mass is 261 g/mol. The van der Waals surface area contributed by atoms with Crippen LogP contribution in [-0.2, 0) is 9.53 Å². The third kappa shape index (κ3) is 4.03. The van der Waals surface area contributed by atoms with Crippen LogP contribution in [0.1, 0.15) is 12.5 Å². The van der Waals surface area contributed by atoms with Crippen molar-refractivity contribution in [3.8, 4) is 17.6 Å². The Kier molecular flexibility index (Phi) is 5.42. The van der Waals surface area contributed by atoms with Crippen LogP contribution in [0.25, 0.3) is 6.08 Å². The van der Waals surface area contributed by atoms with Gasteiger partial charge in [-0.2, -0.15) is 5.26 Å². The van der Waals surface area contributed by atoms with E-state index in [0.717, 1.165) is 0 Å². The lowest BCUT2D eigenvalue weighted by atomic mass is 10.1. The molecule has 19 heavy (non-hydrogen) atoms. The molecular formula is C14H15NO4. The van der Waals surface area contributed by atoms with Gasteiger partial charge in [-0.15, -0.1) is 0 Å². The second-order valence-electron chi connectivity index (χ2n) is 3.62. The van der Waals surface area contributed by atoms with Gasteiger partial charge in [-0.3, -0.25) is 0 Å². The molecule has 0 bridgehead atoms. The average molecular weight is 261 g/mol. The van der Waals surface area contributed by atoms with Crippen molar-refractivity contribution >= 4 is 12.0 Å². The number of hydrogen-bond acceptors (Lipinski definition) is 5. The molecule has 0 unspecified atom stereocenters. The summed E-state index contributed by atoms with van der Waals surface area (Å²) in [4.78, 5) is 11.4. The lowest BCUT2D eigenvalue weighted by molar-refractivity contribution is -0.139. The Balaban J connectivity index is 2.88. The van der Waals surface area contributed by atoms with E-state index in [-0.39, 0.29) is 0 Å². The Hall–Kier alpha value is -2.48. The van der Waals surface area contributed by atoms with Gasteiger partial charge >= 0.3 is 5.97 Å². The van der Waals surface area contributed by atoms with Crippen molar-refractivity contribution < 1.29 is 19.0 Å². The van der Waals surface area contributed by atoms with Gasteiger partial charge in [0.05, 0.1) is 14.2 Å². The Morgan fingerprint density at radius 3 is 2.68 bits per heavy atom. The van der Waals surface area contributed by atoms with Crippen LogP contribution in [0, 0.1) is 11.3 Å². The maximum absolute atomic E-state index is 11.4. The van der Waals surface area contributed by atoms with Gasteiger partial charge in [0.25, 0.3) is 0 Å². The van der Waals surface area contributed by atoms with Crippen molar-refractivity contribution in [1.82, 2.24) is 0 Å². The minimum Gasteiger partial charge on any atom is -0.493 e. The molecule has 1 rings (SSSR count). The highest BCUT2D eigenvalue weighted by atomic mass is 16.5. The molecule has 0 amide bonds. The number of carbonyl (C=O) groups excluding carboxylic acids is 1. The van der Waals surface area contributed by atoms with Crippen LogP contribution in [0.5, 0.6) is 11.5 Å². The summed E-state index contributed by atoms with van der Waals surface area (Å²) in [6.07, 6.45) is 2.02. The Morgan fingerprint density at radius 2 is 2.11 bits per heavy atom. The van der Waals surface area contributed by atoms with E-state index >= 15 is 0 Å². The zero-order valence-corrected chi connectivity index (χ0v) is 11.0. The van der Waals surface area contributed by atoms with E-state index in [0.29, 0.717) is 17.1 Å². The van der Waals surface area contributed by atoms with Crippen molar-refractivity contribution in [2.45, 2.75) is 13.0 Å². The van der Waals surface area contributed by atoms with Crippen LogP contribution in [0.3, 0.4) is 0 Å². The quantitative estimate of drug-likeness (QED) is 0.600. The fraction of sp³-hybridized carbons (Fsp3) is 0.286. The van der Waals surface area contributed by atoms with E-state index in [1.165, 1.54) is 27.2 Å². The molecule has 0 fully saturated rings. The number of rotatable bonds is 5. The van der Waals surface area contributed by atoms with Gasteiger partial charge in [0.1, 0.15) is 6.07 Å². The summed E-state index contributed by atoms with van der Waals surface area (Å²) in [5.41, 5.74) is 0.684. The molecule has 0 heterocycles. The van der Waals surface area contributed by atoms with Gasteiger partial charge < -0.3 is 14.2 Å². The second kappa shape index (κ2) is 7.07. The lowest BCUT2D eigenvalue weighted by Gasteiger charge is -2.09. The van der Waals surface area contributed by atoms with Crippen molar-refractivity contribution in [2.24, 2.45) is 0 Å². The highest BCUT2D eigenvalue weighted by molar-refractivity contribution is 5.88. The minimum atomic E-state index is -0.774. The molecule has 0 radical (unpaired) electrons. The Morgan fingerprint density at radius 1 is 1.37 bits per heavy atom. The second-order valence-corrected chi connectivity index (χ2v) is 3.62. The molecule has 5 nitrogen and oxygen atoms in total. The predicted octanol–water partition coefficient (Wildman–Crippen LogP) is 2.17. The molecule has 5 heteroatoms. The molecule has 0 N–H and O–H groups in total. The smallest absolute Gasteiger partial charge is 0.332 e. The average Bonchev–Trinajstić information content (AvgIpc) is 2.44. The highest BCUT2D eigenvalue weighted by Crippen LogP contribution is 2.31. The third-order valence-corrected chi connectivity index (χ3v) is 2.31. The van der Waals surface area contributed by atoms with Crippen LogP contribution in [0.4, 0.5) is 0 Å². The fourth-order valence-electron chi connectivity index (χ4n) is 1.44. The summed E-state index contributed by atoms with van der Waals surface area (Å²) in [7, 11) is 3.06. The van der Waals surface area contributed by atoms with Gasteiger partial charge in [-0.1, -0.05) is 12.1 Å². The first-order chi connectivity index (χ1) is 9.12. The lowest BCUT2D eigenvalue weighted by Crippen LogP contribution is -2.10. The molecule has 1 aromatic carbocycles. The number of para-hydroxylation sites is 1. The van der Waals surface area contributed by atoms with Crippen LogP contribution >= 0.6 is 0 Å². The van der Waals surface area contributed by atoms with E-state index in [9.17, 15) is 4.79 Å². The molecule has 0 aliphatic carbocycles. The maximum atomic E-state index is 11.4. The van der Waals surface area contributed by atoms with Gasteiger partial charge in [-0.05, 0) is 19.1 Å². The minimum absolute atomic E-state index is 0.530. The van der Waals surface area contributed by atoms with E-state index in [2.05, 4.69) is 0 Å². The summed E-state index contributed by atoms with van der Waals surface area (Å²) in [6, 6.07) is 7.13. The number of nitrogens with zero attached hydrogens (tertiary/aromatic N) is 1. The van der Waals surface area contributed by atoms with Crippen molar-refractivity contribution in [3.63, 3.8) is 0 Å². The summed E-state index contributed by atoms with van der Waals surface area (Å²) in [5.74, 6) is 0.518. The molecule has 0 spiro atoms. The first-order valence-corrected chi connectivity index (χ1v) is 5.61. The van der Waals surface area contributed by atoms with E-state index in [1.807, 2.05) is 6.07 Å². The summed E-state index contributed by atoms with van der Waals surface area (Å²) in [5, 5.41) is 8.53. The number of nitriles is 1. The summed E-state index contributed by atoms with van der Waals surface area (Å²) < 4.78 is 15.2. The highest BCUT2D eigenvalue weighted by Gasteiger charge is 2.08. The van der Waals surface area contributed by atoms with E-state index < -0.39 is 12.1 Å². The number of ether oxygens (including phenoxy) is 3. The maximum Gasteiger partial charge on any atom is 0.332 e. The van der Waals surface area contributed by atoms with Crippen molar-refractivity contribution in [3.05, 3.63) is 29.8 Å². The van der Waals surface area contributed by atoms with E-state index in [4.69, 9.17) is 19.5 Å². The topological polar surface area (TPSA) is 68.5 Å². The zero-order valence-electron chi connectivity index (χ0n) is 11.0. The molecule has 0 aliphatic heterocycles. The van der Waals surface area contributed by atoms with Gasteiger partial charge in [0.2, 0.25) is 0 Å². The third-order valence-electron chi connectivity index (χ3n) is 2.31. The fourth-order valence-corrected chi connectivity index (χ4v) is 1.44. The summed E-state index contributed by atoms with van der Waals surface area (Å²) >= 11 is 0. The van der Waals surface area contributed by atoms with Gasteiger partial charge in [0.15, 0.2) is 17.6 Å². The van der Waals surface area contributed by atoms with Crippen LogP contribution < -0.4 is 9.47 Å². The Labute approximate surface area is 112 Å². The number of esters is 1. The molecule has 1 atom stereocenters. The largest absolute Gasteiger partial charge is 0.493 e. The van der Waals surface area contributed by atoms with Crippen molar-refractivity contribution in [1.29, 1.82) is 5.26 Å². The zero-order chi connectivity index (χ0) is 14.3. The van der Waals surface area contributed by atoms with Crippen LogP contribution in [-0.4, -0.2) is 26.3 Å². The van der Waals surface area contributed by atoms with Gasteiger partial charge in [-0.25, -0.2) is 4.79 Å². The number of carbonyl (C=O) groups is 1. The van der Waals surface area contributed by atoms with Gasteiger partial charge in [0, 0.05) is 11.6 Å². The molecular weight excluding hydrogens is 246 g/mol. The first-order valence-electron chi connectivity index (χ1n) is 5.61. The van der Waals surface area contributed by atoms with Crippen LogP contribution in [0.15, 0.2) is 24.3 Å². The van der Waals surface area contributed by atoms with E-state index in [1.54, 1.807) is 24.3 Å². The Bertz CT molecular complexity index is 517. The summed E-state index contributed by atoms with van der Waals surface area (Å²) in [6.45, 7) is 1.50. The SMILES string of the molecule is COc1cccc(/C=C/C(=O)O[C@@H](C)C#N)c1OC. The normalized spacial score (nSPS) is 11.7. The molecule has 100 valence electrons. The molecule has 0 saturated heterocycles. The molecule has 0 saturated carbocycles. The standard InChI is InChI=1S/C14H15NO4/c1-10(9-15)19-13(16)8-7-11-5-4-6-12(17-2)14(11)18-3/h4-8,10H,1-3H3/b8-7+/t10-/m0/s1. The van der Waals surface area contributed by atoms with Crippen molar-refractivity contribution in [2.75, 3.05) is 14.2 Å². The number of benzene rings is 1. The molecule has 0 aliphatic rings. The molecule has 0 aromatic heterocycles. The predicted molar refractivity (Wildman–Crippen MR) is 69.7 cm³/mol.